The van der Waals surface area contributed by atoms with Crippen LogP contribution >= 0.6 is 11.6 Å². The van der Waals surface area contributed by atoms with Gasteiger partial charge >= 0.3 is 5.97 Å². The standard InChI is InChI=1S/C17H22ClNO3/c1-10-13(9-19-2)7-14(18)8-15(10)16(20)11-3-5-12(6-4-11)17(21)22/h7-9,11-12,16,20H,3-6H2,1-2H3,(H,21,22). The van der Waals surface area contributed by atoms with Crippen LogP contribution in [0.3, 0.4) is 0 Å². The van der Waals surface area contributed by atoms with Gasteiger partial charge in [0.15, 0.2) is 0 Å². The monoisotopic (exact) mass is 323 g/mol. The number of aliphatic carboxylic acids is 1. The van der Waals surface area contributed by atoms with Gasteiger partial charge in [0, 0.05) is 18.3 Å². The second-order valence-corrected chi connectivity index (χ2v) is 6.43. The Morgan fingerprint density at radius 3 is 2.55 bits per heavy atom. The maximum atomic E-state index is 11.0. The van der Waals surface area contributed by atoms with Gasteiger partial charge in [0.1, 0.15) is 0 Å². The second kappa shape index (κ2) is 7.25. The molecule has 1 saturated carbocycles. The van der Waals surface area contributed by atoms with Crippen LogP contribution in [0.15, 0.2) is 17.1 Å². The predicted molar refractivity (Wildman–Crippen MR) is 87.8 cm³/mol. The Balaban J connectivity index is 2.20. The number of rotatable bonds is 4. The zero-order chi connectivity index (χ0) is 16.3. The Labute approximate surface area is 135 Å². The van der Waals surface area contributed by atoms with Crippen LogP contribution in [-0.2, 0) is 4.79 Å². The Kier molecular flexibility index (Phi) is 5.59. The van der Waals surface area contributed by atoms with Gasteiger partial charge in [0.25, 0.3) is 0 Å². The van der Waals surface area contributed by atoms with Crippen LogP contribution in [0.25, 0.3) is 0 Å². The number of benzene rings is 1. The molecule has 1 fully saturated rings. The number of hydrogen-bond acceptors (Lipinski definition) is 3. The molecule has 0 spiro atoms. The van der Waals surface area contributed by atoms with Crippen molar-refractivity contribution in [3.05, 3.63) is 33.8 Å². The van der Waals surface area contributed by atoms with E-state index in [2.05, 4.69) is 4.99 Å². The summed E-state index contributed by atoms with van der Waals surface area (Å²) < 4.78 is 0. The summed E-state index contributed by atoms with van der Waals surface area (Å²) in [4.78, 5) is 15.0. The van der Waals surface area contributed by atoms with E-state index in [-0.39, 0.29) is 11.8 Å². The first-order valence-corrected chi connectivity index (χ1v) is 7.95. The van der Waals surface area contributed by atoms with E-state index in [0.717, 1.165) is 29.5 Å². The van der Waals surface area contributed by atoms with Crippen LogP contribution in [0, 0.1) is 18.8 Å². The minimum Gasteiger partial charge on any atom is -0.481 e. The fraction of sp³-hybridized carbons (Fsp3) is 0.529. The van der Waals surface area contributed by atoms with Gasteiger partial charge in [-0.3, -0.25) is 9.79 Å². The van der Waals surface area contributed by atoms with Crippen molar-refractivity contribution in [3.63, 3.8) is 0 Å². The molecule has 0 aliphatic heterocycles. The summed E-state index contributed by atoms with van der Waals surface area (Å²) >= 11 is 6.15. The van der Waals surface area contributed by atoms with Gasteiger partial charge in [0.05, 0.1) is 12.0 Å². The van der Waals surface area contributed by atoms with Gasteiger partial charge in [-0.15, -0.1) is 0 Å². The molecule has 1 aromatic rings. The number of aliphatic imine (C=N–C) groups is 1. The molecule has 4 nitrogen and oxygen atoms in total. The minimum absolute atomic E-state index is 0.0826. The van der Waals surface area contributed by atoms with Crippen molar-refractivity contribution >= 4 is 23.8 Å². The van der Waals surface area contributed by atoms with E-state index in [1.807, 2.05) is 13.0 Å². The average Bonchev–Trinajstić information content (AvgIpc) is 2.50. The van der Waals surface area contributed by atoms with Gasteiger partial charge < -0.3 is 10.2 Å². The van der Waals surface area contributed by atoms with Gasteiger partial charge in [-0.1, -0.05) is 11.6 Å². The SMILES string of the molecule is CN=Cc1cc(Cl)cc(C(O)C2CCC(C(=O)O)CC2)c1C. The van der Waals surface area contributed by atoms with Crippen molar-refractivity contribution in [2.75, 3.05) is 7.05 Å². The number of hydrogen-bond donors (Lipinski definition) is 2. The molecule has 0 heterocycles. The van der Waals surface area contributed by atoms with Gasteiger partial charge in [-0.25, -0.2) is 0 Å². The lowest BCUT2D eigenvalue weighted by molar-refractivity contribution is -0.143. The summed E-state index contributed by atoms with van der Waals surface area (Å²) in [6.45, 7) is 1.95. The minimum atomic E-state index is -0.728. The molecule has 5 heteroatoms. The molecule has 1 aliphatic rings. The molecular formula is C17H22ClNO3. The van der Waals surface area contributed by atoms with Crippen molar-refractivity contribution in [2.45, 2.75) is 38.7 Å². The largest absolute Gasteiger partial charge is 0.481 e. The van der Waals surface area contributed by atoms with Crippen molar-refractivity contribution in [2.24, 2.45) is 16.8 Å². The lowest BCUT2D eigenvalue weighted by atomic mass is 9.77. The highest BCUT2D eigenvalue weighted by Gasteiger charge is 2.31. The normalized spacial score (nSPS) is 23.6. The summed E-state index contributed by atoms with van der Waals surface area (Å²) in [5.41, 5.74) is 2.70. The maximum absolute atomic E-state index is 11.0. The fourth-order valence-corrected chi connectivity index (χ4v) is 3.47. The lowest BCUT2D eigenvalue weighted by Crippen LogP contribution is -2.25. The fourth-order valence-electron chi connectivity index (χ4n) is 3.24. The highest BCUT2D eigenvalue weighted by Crippen LogP contribution is 2.39. The highest BCUT2D eigenvalue weighted by molar-refractivity contribution is 6.31. The van der Waals surface area contributed by atoms with Crippen LogP contribution < -0.4 is 0 Å². The smallest absolute Gasteiger partial charge is 0.306 e. The number of halogens is 1. The van der Waals surface area contributed by atoms with Crippen LogP contribution in [0.1, 0.15) is 48.5 Å². The Morgan fingerprint density at radius 1 is 1.36 bits per heavy atom. The third kappa shape index (κ3) is 3.68. The molecule has 1 unspecified atom stereocenters. The molecule has 0 amide bonds. The highest BCUT2D eigenvalue weighted by atomic mass is 35.5. The van der Waals surface area contributed by atoms with Crippen LogP contribution in [0.4, 0.5) is 0 Å². The Hall–Kier alpha value is -1.39. The van der Waals surface area contributed by atoms with Crippen LogP contribution in [-0.4, -0.2) is 29.4 Å². The summed E-state index contributed by atoms with van der Waals surface area (Å²) in [5, 5.41) is 20.4. The van der Waals surface area contributed by atoms with Crippen molar-refractivity contribution in [3.8, 4) is 0 Å². The van der Waals surface area contributed by atoms with Gasteiger partial charge in [0.2, 0.25) is 0 Å². The molecule has 22 heavy (non-hydrogen) atoms. The van der Waals surface area contributed by atoms with Crippen molar-refractivity contribution in [1.82, 2.24) is 0 Å². The first-order chi connectivity index (χ1) is 10.4. The summed E-state index contributed by atoms with van der Waals surface area (Å²) in [7, 11) is 1.70. The van der Waals surface area contributed by atoms with Crippen molar-refractivity contribution in [1.29, 1.82) is 0 Å². The van der Waals surface area contributed by atoms with Gasteiger partial charge in [-0.05, 0) is 67.3 Å². The molecule has 0 saturated heterocycles. The van der Waals surface area contributed by atoms with Crippen LogP contribution in [0.2, 0.25) is 5.02 Å². The number of carbonyl (C=O) groups is 1. The Bertz CT molecular complexity index is 578. The first kappa shape index (κ1) is 17.0. The summed E-state index contributed by atoms with van der Waals surface area (Å²) in [6.07, 6.45) is 3.82. The molecular weight excluding hydrogens is 302 g/mol. The molecule has 1 atom stereocenters. The average molecular weight is 324 g/mol. The quantitative estimate of drug-likeness (QED) is 0.831. The van der Waals surface area contributed by atoms with E-state index in [1.165, 1.54) is 0 Å². The van der Waals surface area contributed by atoms with E-state index in [0.29, 0.717) is 17.9 Å². The third-order valence-electron chi connectivity index (χ3n) is 4.61. The van der Waals surface area contributed by atoms with E-state index < -0.39 is 12.1 Å². The Morgan fingerprint density at radius 2 is 2.00 bits per heavy atom. The number of carboxylic acids is 1. The maximum Gasteiger partial charge on any atom is 0.306 e. The van der Waals surface area contributed by atoms with E-state index in [4.69, 9.17) is 16.7 Å². The molecule has 1 aromatic carbocycles. The van der Waals surface area contributed by atoms with E-state index in [1.54, 1.807) is 19.3 Å². The van der Waals surface area contributed by atoms with Gasteiger partial charge in [-0.2, -0.15) is 0 Å². The zero-order valence-electron chi connectivity index (χ0n) is 12.9. The summed E-state index contributed by atoms with van der Waals surface area (Å²) in [6, 6.07) is 3.64. The lowest BCUT2D eigenvalue weighted by Gasteiger charge is -2.31. The molecule has 120 valence electrons. The van der Waals surface area contributed by atoms with Crippen molar-refractivity contribution < 1.29 is 15.0 Å². The van der Waals surface area contributed by atoms with Crippen LogP contribution in [0.5, 0.6) is 0 Å². The number of aliphatic hydroxyl groups excluding tert-OH is 1. The van der Waals surface area contributed by atoms with E-state index in [9.17, 15) is 9.90 Å². The second-order valence-electron chi connectivity index (χ2n) is 5.99. The molecule has 0 radical (unpaired) electrons. The number of nitrogens with zero attached hydrogens (tertiary/aromatic N) is 1. The number of aliphatic hydroxyl groups is 1. The first-order valence-electron chi connectivity index (χ1n) is 7.57. The predicted octanol–water partition coefficient (Wildman–Crippen LogP) is 3.62. The molecule has 2 N–H and O–H groups in total. The zero-order valence-corrected chi connectivity index (χ0v) is 13.7. The summed E-state index contributed by atoms with van der Waals surface area (Å²) in [5.74, 6) is -0.917. The van der Waals surface area contributed by atoms with E-state index >= 15 is 0 Å². The molecule has 0 bridgehead atoms. The molecule has 2 rings (SSSR count). The molecule has 0 aromatic heterocycles. The third-order valence-corrected chi connectivity index (χ3v) is 4.83. The topological polar surface area (TPSA) is 69.9 Å². The number of carboxylic acid groups (broad SMARTS) is 1. The molecule has 1 aliphatic carbocycles.